The maximum Gasteiger partial charge on any atom is 0.311 e. The van der Waals surface area contributed by atoms with Crippen LogP contribution in [0.25, 0.3) is 0 Å². The van der Waals surface area contributed by atoms with Gasteiger partial charge in [-0.2, -0.15) is 11.3 Å². The molecule has 2 rings (SSSR count). The van der Waals surface area contributed by atoms with Crippen LogP contribution in [0.5, 0.6) is 5.75 Å². The maximum absolute atomic E-state index is 10.9. The lowest BCUT2D eigenvalue weighted by Gasteiger charge is -2.06. The second-order valence-electron chi connectivity index (χ2n) is 4.00. The number of hydrogen-bond donors (Lipinski definition) is 1. The van der Waals surface area contributed by atoms with Gasteiger partial charge in [0.1, 0.15) is 0 Å². The molecule has 0 spiro atoms. The van der Waals surface area contributed by atoms with Crippen LogP contribution >= 0.6 is 11.3 Å². The van der Waals surface area contributed by atoms with Gasteiger partial charge in [0.15, 0.2) is 5.75 Å². The van der Waals surface area contributed by atoms with Crippen LogP contribution in [-0.2, 0) is 13.1 Å². The second kappa shape index (κ2) is 6.31. The largest absolute Gasteiger partial charge is 0.490 e. The number of nitrogens with zero attached hydrogens (tertiary/aromatic N) is 1. The molecular weight excluding hydrogens is 264 g/mol. The van der Waals surface area contributed by atoms with Crippen LogP contribution in [0.2, 0.25) is 0 Å². The van der Waals surface area contributed by atoms with Crippen LogP contribution in [0.1, 0.15) is 11.1 Å². The zero-order chi connectivity index (χ0) is 13.7. The molecule has 0 fully saturated rings. The third-order valence-corrected chi connectivity index (χ3v) is 3.41. The molecule has 0 saturated heterocycles. The lowest BCUT2D eigenvalue weighted by atomic mass is 10.2. The molecule has 0 atom stereocenters. The number of thiophene rings is 1. The Morgan fingerprint density at radius 1 is 1.32 bits per heavy atom. The third kappa shape index (κ3) is 3.52. The van der Waals surface area contributed by atoms with E-state index in [0.717, 1.165) is 12.1 Å². The van der Waals surface area contributed by atoms with Crippen LogP contribution in [0.3, 0.4) is 0 Å². The molecule has 0 radical (unpaired) electrons. The summed E-state index contributed by atoms with van der Waals surface area (Å²) >= 11 is 1.65. The molecule has 0 bridgehead atoms. The number of nitrogens with one attached hydrogen (secondary N) is 1. The first kappa shape index (κ1) is 13.5. The predicted molar refractivity (Wildman–Crippen MR) is 74.5 cm³/mol. The molecule has 1 aromatic heterocycles. The first-order chi connectivity index (χ1) is 9.20. The Balaban J connectivity index is 2.00. The molecule has 100 valence electrons. The molecule has 0 saturated carbocycles. The predicted octanol–water partition coefficient (Wildman–Crippen LogP) is 2.95. The van der Waals surface area contributed by atoms with Crippen molar-refractivity contribution in [2.75, 3.05) is 7.11 Å². The van der Waals surface area contributed by atoms with E-state index in [2.05, 4.69) is 10.7 Å². The van der Waals surface area contributed by atoms with E-state index in [4.69, 9.17) is 4.74 Å². The Hall–Kier alpha value is -1.92. The van der Waals surface area contributed by atoms with Crippen LogP contribution in [0.4, 0.5) is 5.69 Å². The third-order valence-electron chi connectivity index (χ3n) is 2.68. The lowest BCUT2D eigenvalue weighted by Crippen LogP contribution is -2.12. The van der Waals surface area contributed by atoms with Crippen molar-refractivity contribution in [1.82, 2.24) is 5.32 Å². The first-order valence-corrected chi connectivity index (χ1v) is 6.68. The van der Waals surface area contributed by atoms with Gasteiger partial charge in [-0.3, -0.25) is 10.1 Å². The van der Waals surface area contributed by atoms with Crippen LogP contribution in [0.15, 0.2) is 35.0 Å². The Labute approximate surface area is 115 Å². The van der Waals surface area contributed by atoms with Crippen molar-refractivity contribution in [3.05, 3.63) is 56.3 Å². The topological polar surface area (TPSA) is 64.4 Å². The van der Waals surface area contributed by atoms with Gasteiger partial charge in [0, 0.05) is 19.2 Å². The van der Waals surface area contributed by atoms with Crippen molar-refractivity contribution in [1.29, 1.82) is 0 Å². The number of nitro groups is 1. The van der Waals surface area contributed by atoms with E-state index >= 15 is 0 Å². The molecule has 5 nitrogen and oxygen atoms in total. The molecule has 0 aliphatic heterocycles. The summed E-state index contributed by atoms with van der Waals surface area (Å²) in [5, 5.41) is 18.2. The summed E-state index contributed by atoms with van der Waals surface area (Å²) in [5.74, 6) is 0.284. The average Bonchev–Trinajstić information content (AvgIpc) is 2.91. The van der Waals surface area contributed by atoms with Gasteiger partial charge in [0.25, 0.3) is 0 Å². The number of hydrogen-bond acceptors (Lipinski definition) is 5. The maximum atomic E-state index is 10.9. The fourth-order valence-electron chi connectivity index (χ4n) is 1.73. The zero-order valence-corrected chi connectivity index (χ0v) is 11.3. The Morgan fingerprint density at radius 3 is 2.74 bits per heavy atom. The minimum Gasteiger partial charge on any atom is -0.490 e. The molecule has 1 heterocycles. The van der Waals surface area contributed by atoms with E-state index in [-0.39, 0.29) is 11.4 Å². The van der Waals surface area contributed by atoms with E-state index in [1.165, 1.54) is 12.7 Å². The smallest absolute Gasteiger partial charge is 0.311 e. The number of benzene rings is 1. The van der Waals surface area contributed by atoms with Gasteiger partial charge in [0.2, 0.25) is 0 Å². The second-order valence-corrected chi connectivity index (χ2v) is 4.78. The molecule has 1 N–H and O–H groups in total. The molecule has 1 aromatic carbocycles. The van der Waals surface area contributed by atoms with E-state index in [0.29, 0.717) is 6.54 Å². The van der Waals surface area contributed by atoms with Crippen molar-refractivity contribution < 1.29 is 9.66 Å². The van der Waals surface area contributed by atoms with Crippen molar-refractivity contribution in [3.63, 3.8) is 0 Å². The Morgan fingerprint density at radius 2 is 2.11 bits per heavy atom. The summed E-state index contributed by atoms with van der Waals surface area (Å²) in [4.78, 5) is 10.5. The Bertz CT molecular complexity index is 555. The minimum atomic E-state index is -0.429. The quantitative estimate of drug-likeness (QED) is 0.651. The average molecular weight is 278 g/mol. The number of nitro benzene ring substituents is 1. The summed E-state index contributed by atoms with van der Waals surface area (Å²) in [7, 11) is 1.43. The molecular formula is C13H14N2O3S. The van der Waals surface area contributed by atoms with Gasteiger partial charge < -0.3 is 10.1 Å². The van der Waals surface area contributed by atoms with Gasteiger partial charge in [-0.25, -0.2) is 0 Å². The van der Waals surface area contributed by atoms with E-state index in [9.17, 15) is 10.1 Å². The van der Waals surface area contributed by atoms with E-state index in [1.54, 1.807) is 23.5 Å². The summed E-state index contributed by atoms with van der Waals surface area (Å²) in [5.41, 5.74) is 2.08. The highest BCUT2D eigenvalue weighted by Crippen LogP contribution is 2.27. The highest BCUT2D eigenvalue weighted by molar-refractivity contribution is 7.07. The number of methoxy groups -OCH3 is 1. The minimum absolute atomic E-state index is 0.00247. The molecule has 0 amide bonds. The van der Waals surface area contributed by atoms with E-state index in [1.807, 2.05) is 17.5 Å². The first-order valence-electron chi connectivity index (χ1n) is 5.74. The highest BCUT2D eigenvalue weighted by atomic mass is 32.1. The monoisotopic (exact) mass is 278 g/mol. The molecule has 0 unspecified atom stereocenters. The number of ether oxygens (including phenoxy) is 1. The SMILES string of the molecule is COc1ccc(CNCc2ccsc2)cc1[N+](=O)[O-]. The van der Waals surface area contributed by atoms with Gasteiger partial charge in [-0.15, -0.1) is 0 Å². The Kier molecular flexibility index (Phi) is 4.48. The van der Waals surface area contributed by atoms with Crippen molar-refractivity contribution in [2.45, 2.75) is 13.1 Å². The molecule has 19 heavy (non-hydrogen) atoms. The molecule has 6 heteroatoms. The normalized spacial score (nSPS) is 10.4. The molecule has 2 aromatic rings. The summed E-state index contributed by atoms with van der Waals surface area (Å²) in [6.45, 7) is 1.34. The standard InChI is InChI=1S/C13H14N2O3S/c1-18-13-3-2-10(6-12(13)15(16)17)7-14-8-11-4-5-19-9-11/h2-6,9,14H,7-8H2,1H3. The van der Waals surface area contributed by atoms with Crippen LogP contribution in [-0.4, -0.2) is 12.0 Å². The van der Waals surface area contributed by atoms with Gasteiger partial charge in [-0.05, 0) is 34.0 Å². The van der Waals surface area contributed by atoms with Gasteiger partial charge in [-0.1, -0.05) is 6.07 Å². The van der Waals surface area contributed by atoms with Gasteiger partial charge >= 0.3 is 5.69 Å². The zero-order valence-electron chi connectivity index (χ0n) is 10.5. The number of rotatable bonds is 6. The van der Waals surface area contributed by atoms with Crippen LogP contribution < -0.4 is 10.1 Å². The summed E-state index contributed by atoms with van der Waals surface area (Å²) in [6, 6.07) is 7.04. The fourth-order valence-corrected chi connectivity index (χ4v) is 2.40. The summed E-state index contributed by atoms with van der Waals surface area (Å²) in [6.07, 6.45) is 0. The highest BCUT2D eigenvalue weighted by Gasteiger charge is 2.14. The van der Waals surface area contributed by atoms with E-state index < -0.39 is 4.92 Å². The van der Waals surface area contributed by atoms with Crippen molar-refractivity contribution in [3.8, 4) is 5.75 Å². The van der Waals surface area contributed by atoms with Crippen LogP contribution in [0, 0.1) is 10.1 Å². The fraction of sp³-hybridized carbons (Fsp3) is 0.231. The lowest BCUT2D eigenvalue weighted by molar-refractivity contribution is -0.385. The van der Waals surface area contributed by atoms with Gasteiger partial charge in [0.05, 0.1) is 12.0 Å². The van der Waals surface area contributed by atoms with Crippen molar-refractivity contribution >= 4 is 17.0 Å². The molecule has 0 aliphatic carbocycles. The molecule has 0 aliphatic rings. The summed E-state index contributed by atoms with van der Waals surface area (Å²) < 4.78 is 4.96. The van der Waals surface area contributed by atoms with Crippen molar-refractivity contribution in [2.24, 2.45) is 0 Å².